The van der Waals surface area contributed by atoms with Gasteiger partial charge in [0.1, 0.15) is 17.3 Å². The van der Waals surface area contributed by atoms with Gasteiger partial charge in [0.2, 0.25) is 0 Å². The Hall–Kier alpha value is -4.06. The monoisotopic (exact) mass is 471 g/mol. The summed E-state index contributed by atoms with van der Waals surface area (Å²) >= 11 is 0. The number of aliphatic hydroxyl groups is 1. The molecule has 1 aliphatic rings. The van der Waals surface area contributed by atoms with Gasteiger partial charge in [-0.15, -0.1) is 0 Å². The Balaban J connectivity index is 1.84. The van der Waals surface area contributed by atoms with Gasteiger partial charge in [-0.05, 0) is 72.5 Å². The first-order valence-electron chi connectivity index (χ1n) is 11.5. The van der Waals surface area contributed by atoms with Crippen LogP contribution in [0.3, 0.4) is 0 Å². The maximum Gasteiger partial charge on any atom is 0.300 e. The van der Waals surface area contributed by atoms with Gasteiger partial charge < -0.3 is 14.6 Å². The van der Waals surface area contributed by atoms with E-state index in [2.05, 4.69) is 13.8 Å². The molecule has 3 aromatic carbocycles. The van der Waals surface area contributed by atoms with Crippen molar-refractivity contribution in [2.45, 2.75) is 26.8 Å². The minimum absolute atomic E-state index is 0.0394. The van der Waals surface area contributed by atoms with Crippen molar-refractivity contribution in [3.8, 4) is 11.5 Å². The highest BCUT2D eigenvalue weighted by Crippen LogP contribution is 2.42. The average Bonchev–Trinajstić information content (AvgIpc) is 3.13. The van der Waals surface area contributed by atoms with E-state index in [4.69, 9.17) is 9.47 Å². The van der Waals surface area contributed by atoms with Crippen LogP contribution in [0.15, 0.2) is 78.4 Å². The number of methoxy groups -OCH3 is 1. The van der Waals surface area contributed by atoms with Gasteiger partial charge in [-0.3, -0.25) is 14.5 Å². The molecule has 3 aromatic rings. The number of carbonyl (C=O) groups is 2. The zero-order chi connectivity index (χ0) is 25.1. The third-order valence-corrected chi connectivity index (χ3v) is 5.87. The number of hydrogen-bond donors (Lipinski definition) is 1. The SMILES string of the molecule is COc1ccc(/C(O)=C2\C(=O)C(=O)N(c3cccc(C)c3)C2c2ccc(OCC(C)C)cc2)cc1. The first kappa shape index (κ1) is 24.1. The highest BCUT2D eigenvalue weighted by Gasteiger charge is 2.47. The topological polar surface area (TPSA) is 76.1 Å². The van der Waals surface area contributed by atoms with Crippen LogP contribution in [-0.2, 0) is 9.59 Å². The van der Waals surface area contributed by atoms with E-state index in [0.717, 1.165) is 5.56 Å². The van der Waals surface area contributed by atoms with Crippen LogP contribution < -0.4 is 14.4 Å². The molecule has 180 valence electrons. The molecule has 0 aromatic heterocycles. The summed E-state index contributed by atoms with van der Waals surface area (Å²) < 4.78 is 11.0. The van der Waals surface area contributed by atoms with Gasteiger partial charge in [0.25, 0.3) is 11.7 Å². The molecule has 1 aliphatic heterocycles. The summed E-state index contributed by atoms with van der Waals surface area (Å²) in [6, 6.07) is 20.6. The normalized spacial score (nSPS) is 17.2. The second kappa shape index (κ2) is 10.1. The first-order chi connectivity index (χ1) is 16.8. The van der Waals surface area contributed by atoms with Crippen molar-refractivity contribution in [3.05, 3.63) is 95.1 Å². The third kappa shape index (κ3) is 4.92. The molecule has 1 N–H and O–H groups in total. The lowest BCUT2D eigenvalue weighted by Gasteiger charge is -2.26. The van der Waals surface area contributed by atoms with E-state index in [1.54, 1.807) is 37.4 Å². The molecule has 0 aliphatic carbocycles. The van der Waals surface area contributed by atoms with Gasteiger partial charge >= 0.3 is 0 Å². The molecular weight excluding hydrogens is 442 g/mol. The van der Waals surface area contributed by atoms with Crippen molar-refractivity contribution in [1.29, 1.82) is 0 Å². The second-order valence-corrected chi connectivity index (χ2v) is 9.01. The van der Waals surface area contributed by atoms with E-state index in [-0.39, 0.29) is 11.3 Å². The number of aryl methyl sites for hydroxylation is 1. The molecule has 1 amide bonds. The van der Waals surface area contributed by atoms with Crippen molar-refractivity contribution in [2.24, 2.45) is 5.92 Å². The third-order valence-electron chi connectivity index (χ3n) is 5.87. The number of carbonyl (C=O) groups excluding carboxylic acids is 2. The maximum atomic E-state index is 13.3. The summed E-state index contributed by atoms with van der Waals surface area (Å²) in [4.78, 5) is 28.0. The van der Waals surface area contributed by atoms with Crippen molar-refractivity contribution < 1.29 is 24.2 Å². The Morgan fingerprint density at radius 1 is 0.971 bits per heavy atom. The predicted molar refractivity (Wildman–Crippen MR) is 136 cm³/mol. The molecule has 35 heavy (non-hydrogen) atoms. The molecule has 1 atom stereocenters. The van der Waals surface area contributed by atoms with Crippen molar-refractivity contribution in [2.75, 3.05) is 18.6 Å². The lowest BCUT2D eigenvalue weighted by molar-refractivity contribution is -0.132. The average molecular weight is 472 g/mol. The smallest absolute Gasteiger partial charge is 0.300 e. The second-order valence-electron chi connectivity index (χ2n) is 9.01. The van der Waals surface area contributed by atoms with Gasteiger partial charge in [0.15, 0.2) is 0 Å². The van der Waals surface area contributed by atoms with E-state index in [1.807, 2.05) is 49.4 Å². The molecule has 6 nitrogen and oxygen atoms in total. The van der Waals surface area contributed by atoms with E-state index in [0.29, 0.717) is 40.8 Å². The molecule has 1 heterocycles. The van der Waals surface area contributed by atoms with Crippen LogP contribution in [0.1, 0.15) is 36.6 Å². The van der Waals surface area contributed by atoms with E-state index in [9.17, 15) is 14.7 Å². The fourth-order valence-electron chi connectivity index (χ4n) is 4.11. The molecule has 0 bridgehead atoms. The lowest BCUT2D eigenvalue weighted by Crippen LogP contribution is -2.29. The Morgan fingerprint density at radius 2 is 1.63 bits per heavy atom. The number of hydrogen-bond acceptors (Lipinski definition) is 5. The summed E-state index contributed by atoms with van der Waals surface area (Å²) in [5.41, 5.74) is 2.70. The molecular formula is C29H29NO5. The zero-order valence-corrected chi connectivity index (χ0v) is 20.3. The molecule has 0 radical (unpaired) electrons. The Morgan fingerprint density at radius 3 is 2.23 bits per heavy atom. The predicted octanol–water partition coefficient (Wildman–Crippen LogP) is 5.66. The van der Waals surface area contributed by atoms with Crippen LogP contribution in [0.4, 0.5) is 5.69 Å². The molecule has 6 heteroatoms. The van der Waals surface area contributed by atoms with Gasteiger partial charge in [-0.2, -0.15) is 0 Å². The fourth-order valence-corrected chi connectivity index (χ4v) is 4.11. The van der Waals surface area contributed by atoms with Crippen LogP contribution in [0.25, 0.3) is 5.76 Å². The quantitative estimate of drug-likeness (QED) is 0.273. The number of amides is 1. The molecule has 0 saturated carbocycles. The summed E-state index contributed by atoms with van der Waals surface area (Å²) in [6.07, 6.45) is 0. The van der Waals surface area contributed by atoms with Crippen LogP contribution in [-0.4, -0.2) is 30.5 Å². The van der Waals surface area contributed by atoms with E-state index in [1.165, 1.54) is 4.90 Å². The van der Waals surface area contributed by atoms with E-state index < -0.39 is 17.7 Å². The molecule has 1 fully saturated rings. The minimum Gasteiger partial charge on any atom is -0.507 e. The number of nitrogens with zero attached hydrogens (tertiary/aromatic N) is 1. The lowest BCUT2D eigenvalue weighted by atomic mass is 9.95. The number of ether oxygens (including phenoxy) is 2. The molecule has 4 rings (SSSR count). The summed E-state index contributed by atoms with van der Waals surface area (Å²) in [6.45, 7) is 6.65. The van der Waals surface area contributed by atoms with Gasteiger partial charge in [0.05, 0.1) is 25.3 Å². The van der Waals surface area contributed by atoms with Crippen LogP contribution in [0.2, 0.25) is 0 Å². The summed E-state index contributed by atoms with van der Waals surface area (Å²) in [5.74, 6) is 0.0556. The van der Waals surface area contributed by atoms with E-state index >= 15 is 0 Å². The minimum atomic E-state index is -0.793. The Labute approximate surface area is 205 Å². The van der Waals surface area contributed by atoms with Gasteiger partial charge in [-0.25, -0.2) is 0 Å². The fraction of sp³-hybridized carbons (Fsp3) is 0.241. The number of rotatable bonds is 7. The standard InChI is InChI=1S/C29H29NO5/c1-18(2)17-35-24-14-8-20(9-15-24)26-25(27(31)21-10-12-23(34-4)13-11-21)28(32)29(33)30(26)22-7-5-6-19(3)16-22/h5-16,18,26,31H,17H2,1-4H3/b27-25+. The highest BCUT2D eigenvalue weighted by atomic mass is 16.5. The Bertz CT molecular complexity index is 1260. The largest absolute Gasteiger partial charge is 0.507 e. The first-order valence-corrected chi connectivity index (χ1v) is 11.5. The number of anilines is 1. The zero-order valence-electron chi connectivity index (χ0n) is 20.3. The van der Waals surface area contributed by atoms with Crippen molar-refractivity contribution >= 4 is 23.1 Å². The van der Waals surface area contributed by atoms with Crippen LogP contribution in [0, 0.1) is 12.8 Å². The molecule has 1 unspecified atom stereocenters. The van der Waals surface area contributed by atoms with Gasteiger partial charge in [-0.1, -0.05) is 38.1 Å². The maximum absolute atomic E-state index is 13.3. The van der Waals surface area contributed by atoms with Crippen LogP contribution in [0.5, 0.6) is 11.5 Å². The number of Topliss-reactive ketones (excluding diaryl/α,β-unsaturated/α-hetero) is 1. The summed E-state index contributed by atoms with van der Waals surface area (Å²) in [7, 11) is 1.55. The number of ketones is 1. The number of benzene rings is 3. The molecule has 0 spiro atoms. The highest BCUT2D eigenvalue weighted by molar-refractivity contribution is 6.51. The van der Waals surface area contributed by atoms with Gasteiger partial charge in [0, 0.05) is 11.3 Å². The Kier molecular flexibility index (Phi) is 6.92. The van der Waals surface area contributed by atoms with Crippen LogP contribution >= 0.6 is 0 Å². The van der Waals surface area contributed by atoms with Crippen molar-refractivity contribution in [3.63, 3.8) is 0 Å². The number of aliphatic hydroxyl groups excluding tert-OH is 1. The molecule has 1 saturated heterocycles. The summed E-state index contributed by atoms with van der Waals surface area (Å²) in [5, 5.41) is 11.2. The van der Waals surface area contributed by atoms with Crippen molar-refractivity contribution in [1.82, 2.24) is 0 Å².